The van der Waals surface area contributed by atoms with E-state index < -0.39 is 11.7 Å². The van der Waals surface area contributed by atoms with Crippen LogP contribution in [0.4, 0.5) is 4.39 Å². The lowest BCUT2D eigenvalue weighted by atomic mass is 10.1. The fourth-order valence-electron chi connectivity index (χ4n) is 2.68. The van der Waals surface area contributed by atoms with Crippen molar-refractivity contribution in [2.24, 2.45) is 5.73 Å². The van der Waals surface area contributed by atoms with Crippen LogP contribution in [0, 0.1) is 5.82 Å². The van der Waals surface area contributed by atoms with Gasteiger partial charge in [-0.05, 0) is 48.4 Å². The summed E-state index contributed by atoms with van der Waals surface area (Å²) in [6.07, 6.45) is 0.898. The summed E-state index contributed by atoms with van der Waals surface area (Å²) in [5.74, 6) is -0.581. The van der Waals surface area contributed by atoms with Crippen molar-refractivity contribution in [1.82, 2.24) is 5.32 Å². The van der Waals surface area contributed by atoms with Crippen molar-refractivity contribution < 1.29 is 13.9 Å². The van der Waals surface area contributed by atoms with Crippen molar-refractivity contribution in [2.45, 2.75) is 13.0 Å². The van der Waals surface area contributed by atoms with Crippen molar-refractivity contribution >= 4 is 5.91 Å². The van der Waals surface area contributed by atoms with Crippen LogP contribution in [0.1, 0.15) is 21.5 Å². The quantitative estimate of drug-likeness (QED) is 0.593. The highest BCUT2D eigenvalue weighted by Gasteiger charge is 2.09. The fraction of sp³-hybridized carbons (Fsp3) is 0.136. The monoisotopic (exact) mass is 364 g/mol. The molecule has 0 heterocycles. The topological polar surface area (TPSA) is 64.4 Å². The number of halogens is 1. The third-order valence-electron chi connectivity index (χ3n) is 4.13. The summed E-state index contributed by atoms with van der Waals surface area (Å²) < 4.78 is 19.4. The van der Waals surface area contributed by atoms with Crippen LogP contribution in [-0.4, -0.2) is 12.5 Å². The Labute approximate surface area is 157 Å². The second-order valence-electron chi connectivity index (χ2n) is 6.16. The minimum absolute atomic E-state index is 0.152. The Morgan fingerprint density at radius 2 is 1.63 bits per heavy atom. The fourth-order valence-corrected chi connectivity index (χ4v) is 2.68. The maximum atomic E-state index is 13.8. The molecular formula is C22H21FN2O2. The van der Waals surface area contributed by atoms with Crippen LogP contribution >= 0.6 is 0 Å². The molecule has 0 spiro atoms. The van der Waals surface area contributed by atoms with E-state index in [9.17, 15) is 9.18 Å². The number of nitrogens with two attached hydrogens (primary N) is 1. The van der Waals surface area contributed by atoms with Crippen LogP contribution in [-0.2, 0) is 13.0 Å². The Hall–Kier alpha value is -3.18. The molecular weight excluding hydrogens is 343 g/mol. The first-order chi connectivity index (χ1) is 13.1. The van der Waals surface area contributed by atoms with Crippen molar-refractivity contribution in [2.75, 3.05) is 6.54 Å². The molecule has 0 aliphatic heterocycles. The average molecular weight is 364 g/mol. The van der Waals surface area contributed by atoms with Crippen LogP contribution in [0.5, 0.6) is 11.5 Å². The summed E-state index contributed by atoms with van der Waals surface area (Å²) >= 11 is 0. The van der Waals surface area contributed by atoms with E-state index in [1.54, 1.807) is 0 Å². The third kappa shape index (κ3) is 5.39. The first kappa shape index (κ1) is 18.6. The molecule has 0 fully saturated rings. The van der Waals surface area contributed by atoms with Gasteiger partial charge in [0, 0.05) is 12.6 Å². The van der Waals surface area contributed by atoms with Gasteiger partial charge in [-0.15, -0.1) is 0 Å². The predicted octanol–water partition coefficient (Wildman–Crippen LogP) is 4.05. The van der Waals surface area contributed by atoms with Gasteiger partial charge in [-0.2, -0.15) is 0 Å². The largest absolute Gasteiger partial charge is 0.457 e. The van der Waals surface area contributed by atoms with Gasteiger partial charge in [0.05, 0.1) is 5.56 Å². The minimum Gasteiger partial charge on any atom is -0.457 e. The number of amides is 1. The van der Waals surface area contributed by atoms with Crippen LogP contribution < -0.4 is 15.8 Å². The van der Waals surface area contributed by atoms with Gasteiger partial charge in [0.1, 0.15) is 17.3 Å². The molecule has 0 saturated carbocycles. The van der Waals surface area contributed by atoms with E-state index >= 15 is 0 Å². The summed E-state index contributed by atoms with van der Waals surface area (Å²) in [5, 5.41) is 3.41. The number of ether oxygens (including phenoxy) is 1. The lowest BCUT2D eigenvalue weighted by molar-refractivity contribution is 0.0996. The zero-order valence-electron chi connectivity index (χ0n) is 14.8. The van der Waals surface area contributed by atoms with Gasteiger partial charge in [0.25, 0.3) is 5.91 Å². The average Bonchev–Trinajstić information content (AvgIpc) is 2.67. The number of carbonyl (C=O) groups excluding carboxylic acids is 1. The maximum Gasteiger partial charge on any atom is 0.251 e. The van der Waals surface area contributed by atoms with E-state index in [4.69, 9.17) is 10.5 Å². The van der Waals surface area contributed by atoms with Crippen molar-refractivity contribution in [3.05, 3.63) is 95.3 Å². The molecule has 0 aliphatic carbocycles. The lowest BCUT2D eigenvalue weighted by Crippen LogP contribution is -2.16. The Balaban J connectivity index is 1.50. The summed E-state index contributed by atoms with van der Waals surface area (Å²) in [6.45, 7) is 1.71. The zero-order chi connectivity index (χ0) is 19.1. The Morgan fingerprint density at radius 1 is 0.926 bits per heavy atom. The maximum absolute atomic E-state index is 13.8. The molecule has 3 rings (SSSR count). The predicted molar refractivity (Wildman–Crippen MR) is 103 cm³/mol. The van der Waals surface area contributed by atoms with Gasteiger partial charge in [0.15, 0.2) is 0 Å². The second kappa shape index (κ2) is 8.96. The van der Waals surface area contributed by atoms with Gasteiger partial charge >= 0.3 is 0 Å². The van der Waals surface area contributed by atoms with Gasteiger partial charge in [-0.1, -0.05) is 42.5 Å². The number of hydrogen-bond donors (Lipinski definition) is 2. The SMILES string of the molecule is NC(=O)c1ccc(Oc2ccc(CCNCc3ccccc3)cc2)cc1F. The standard InChI is InChI=1S/C22H21FN2O2/c23-21-14-19(10-11-20(21)22(24)26)27-18-8-6-16(7-9-18)12-13-25-15-17-4-2-1-3-5-17/h1-11,14,25H,12-13,15H2,(H2,24,26). The number of nitrogens with one attached hydrogen (secondary N) is 1. The number of primary amides is 1. The smallest absolute Gasteiger partial charge is 0.251 e. The number of rotatable bonds is 8. The van der Waals surface area contributed by atoms with Crippen molar-refractivity contribution in [3.63, 3.8) is 0 Å². The molecule has 5 heteroatoms. The summed E-state index contributed by atoms with van der Waals surface area (Å²) in [5.41, 5.74) is 7.38. The van der Waals surface area contributed by atoms with E-state index in [2.05, 4.69) is 17.4 Å². The minimum atomic E-state index is -0.802. The Kier molecular flexibility index (Phi) is 6.18. The highest BCUT2D eigenvalue weighted by molar-refractivity contribution is 5.93. The molecule has 0 radical (unpaired) electrons. The van der Waals surface area contributed by atoms with Crippen LogP contribution in [0.15, 0.2) is 72.8 Å². The van der Waals surface area contributed by atoms with Crippen LogP contribution in [0.2, 0.25) is 0 Å². The highest BCUT2D eigenvalue weighted by Crippen LogP contribution is 2.24. The molecule has 0 bridgehead atoms. The summed E-state index contributed by atoms with van der Waals surface area (Å²) in [7, 11) is 0. The third-order valence-corrected chi connectivity index (χ3v) is 4.13. The molecule has 1 amide bonds. The van der Waals surface area contributed by atoms with Crippen molar-refractivity contribution in [3.8, 4) is 11.5 Å². The molecule has 0 saturated heterocycles. The summed E-state index contributed by atoms with van der Waals surface area (Å²) in [4.78, 5) is 11.1. The molecule has 0 aliphatic rings. The van der Waals surface area contributed by atoms with Crippen LogP contribution in [0.25, 0.3) is 0 Å². The zero-order valence-corrected chi connectivity index (χ0v) is 14.8. The van der Waals surface area contributed by atoms with Crippen molar-refractivity contribution in [1.29, 1.82) is 0 Å². The molecule has 27 heavy (non-hydrogen) atoms. The van der Waals surface area contributed by atoms with E-state index in [1.165, 1.54) is 23.3 Å². The first-order valence-electron chi connectivity index (χ1n) is 8.72. The molecule has 3 aromatic rings. The number of benzene rings is 3. The summed E-state index contributed by atoms with van der Waals surface area (Å²) in [6, 6.07) is 21.9. The molecule has 3 N–H and O–H groups in total. The van der Waals surface area contributed by atoms with E-state index in [1.807, 2.05) is 42.5 Å². The number of hydrogen-bond acceptors (Lipinski definition) is 3. The molecule has 0 unspecified atom stereocenters. The van der Waals surface area contributed by atoms with E-state index in [0.717, 1.165) is 25.6 Å². The Bertz CT molecular complexity index is 896. The highest BCUT2D eigenvalue weighted by atomic mass is 19.1. The Morgan fingerprint density at radius 3 is 2.30 bits per heavy atom. The van der Waals surface area contributed by atoms with Gasteiger partial charge in [-0.3, -0.25) is 4.79 Å². The molecule has 4 nitrogen and oxygen atoms in total. The van der Waals surface area contributed by atoms with Gasteiger partial charge < -0.3 is 15.8 Å². The lowest BCUT2D eigenvalue weighted by Gasteiger charge is -2.09. The molecule has 138 valence electrons. The first-order valence-corrected chi connectivity index (χ1v) is 8.72. The molecule has 3 aromatic carbocycles. The normalized spacial score (nSPS) is 10.6. The van der Waals surface area contributed by atoms with E-state index in [-0.39, 0.29) is 5.56 Å². The molecule has 0 atom stereocenters. The van der Waals surface area contributed by atoms with Crippen LogP contribution in [0.3, 0.4) is 0 Å². The molecule has 0 aromatic heterocycles. The van der Waals surface area contributed by atoms with Gasteiger partial charge in [0.2, 0.25) is 0 Å². The van der Waals surface area contributed by atoms with E-state index in [0.29, 0.717) is 11.5 Å². The second-order valence-corrected chi connectivity index (χ2v) is 6.16. The number of carbonyl (C=O) groups is 1. The van der Waals surface area contributed by atoms with Gasteiger partial charge in [-0.25, -0.2) is 4.39 Å².